The van der Waals surface area contributed by atoms with Gasteiger partial charge in [-0.15, -0.1) is 22.9 Å². The summed E-state index contributed by atoms with van der Waals surface area (Å²) < 4.78 is 1.24. The number of nitrogens with one attached hydrogen (secondary N) is 1. The van der Waals surface area contributed by atoms with E-state index in [0.29, 0.717) is 5.88 Å². The Bertz CT molecular complexity index is 663. The van der Waals surface area contributed by atoms with Crippen molar-refractivity contribution in [2.45, 2.75) is 19.0 Å². The molecule has 0 aliphatic rings. The number of hydrogen-bond acceptors (Lipinski definition) is 3. The molecule has 0 saturated heterocycles. The smallest absolute Gasteiger partial charge is 0.108 e. The Morgan fingerprint density at radius 3 is 2.57 bits per heavy atom. The molecule has 0 amide bonds. The lowest BCUT2D eigenvalue weighted by atomic mass is 10.1. The molecule has 108 valence electrons. The molecule has 1 atom stereocenters. The molecule has 1 N–H and O–H groups in total. The van der Waals surface area contributed by atoms with Crippen molar-refractivity contribution in [1.29, 1.82) is 0 Å². The molecule has 0 aliphatic heterocycles. The van der Waals surface area contributed by atoms with Crippen LogP contribution in [-0.2, 0) is 13.0 Å². The molecule has 1 heterocycles. The summed E-state index contributed by atoms with van der Waals surface area (Å²) >= 11 is 7.82. The van der Waals surface area contributed by atoms with Gasteiger partial charge in [-0.3, -0.25) is 0 Å². The zero-order valence-electron chi connectivity index (χ0n) is 11.6. The van der Waals surface area contributed by atoms with Crippen molar-refractivity contribution in [3.63, 3.8) is 0 Å². The third-order valence-electron chi connectivity index (χ3n) is 3.39. The first-order valence-electron chi connectivity index (χ1n) is 7.03. The van der Waals surface area contributed by atoms with Gasteiger partial charge in [0.1, 0.15) is 5.01 Å². The van der Waals surface area contributed by atoms with Crippen molar-refractivity contribution < 1.29 is 0 Å². The van der Waals surface area contributed by atoms with Crippen LogP contribution in [0.3, 0.4) is 0 Å². The third-order valence-corrected chi connectivity index (χ3v) is 4.80. The average Bonchev–Trinajstić information content (AvgIpc) is 2.95. The Kier molecular flexibility index (Phi) is 4.86. The summed E-state index contributed by atoms with van der Waals surface area (Å²) in [6.45, 7) is 0.767. The van der Waals surface area contributed by atoms with E-state index in [1.54, 1.807) is 11.3 Å². The van der Waals surface area contributed by atoms with E-state index >= 15 is 0 Å². The predicted octanol–water partition coefficient (Wildman–Crippen LogP) is 4.24. The van der Waals surface area contributed by atoms with Gasteiger partial charge in [0.25, 0.3) is 0 Å². The normalized spacial score (nSPS) is 12.6. The molecule has 2 aromatic carbocycles. The second kappa shape index (κ2) is 7.03. The van der Waals surface area contributed by atoms with Crippen LogP contribution in [0.4, 0.5) is 0 Å². The van der Waals surface area contributed by atoms with Crippen molar-refractivity contribution in [1.82, 2.24) is 10.3 Å². The van der Waals surface area contributed by atoms with Gasteiger partial charge in [0.05, 0.1) is 10.2 Å². The van der Waals surface area contributed by atoms with Crippen LogP contribution < -0.4 is 5.32 Å². The molecular weight excluding hydrogens is 300 g/mol. The highest BCUT2D eigenvalue weighted by Gasteiger charge is 2.09. The molecule has 3 rings (SSSR count). The lowest BCUT2D eigenvalue weighted by Crippen LogP contribution is -2.32. The maximum absolute atomic E-state index is 6.08. The number of benzene rings is 2. The number of hydrogen-bond donors (Lipinski definition) is 1. The molecule has 3 aromatic rings. The number of thiazole rings is 1. The molecule has 0 bridgehead atoms. The molecule has 0 radical (unpaired) electrons. The molecule has 4 heteroatoms. The fourth-order valence-electron chi connectivity index (χ4n) is 2.31. The largest absolute Gasteiger partial charge is 0.306 e. The molecule has 0 spiro atoms. The SMILES string of the molecule is ClCC(Cc1ccccc1)NCc1nc2ccccc2s1. The van der Waals surface area contributed by atoms with Gasteiger partial charge < -0.3 is 5.32 Å². The molecule has 0 aliphatic carbocycles. The summed E-state index contributed by atoms with van der Waals surface area (Å²) in [5.74, 6) is 0.597. The lowest BCUT2D eigenvalue weighted by Gasteiger charge is -2.15. The number of rotatable bonds is 6. The summed E-state index contributed by atoms with van der Waals surface area (Å²) in [7, 11) is 0. The minimum absolute atomic E-state index is 0.265. The van der Waals surface area contributed by atoms with Crippen LogP contribution in [0.2, 0.25) is 0 Å². The van der Waals surface area contributed by atoms with Crippen LogP contribution in [0.5, 0.6) is 0 Å². The van der Waals surface area contributed by atoms with E-state index in [2.05, 4.69) is 52.8 Å². The Hall–Kier alpha value is -1.42. The molecule has 1 aromatic heterocycles. The van der Waals surface area contributed by atoms with Crippen LogP contribution in [-0.4, -0.2) is 16.9 Å². The number of alkyl halides is 1. The van der Waals surface area contributed by atoms with Crippen molar-refractivity contribution in [3.8, 4) is 0 Å². The number of fused-ring (bicyclic) bond motifs is 1. The quantitative estimate of drug-likeness (QED) is 0.688. The maximum atomic E-state index is 6.08. The number of aromatic nitrogens is 1. The zero-order chi connectivity index (χ0) is 14.5. The van der Waals surface area contributed by atoms with Crippen LogP contribution in [0, 0.1) is 0 Å². The maximum Gasteiger partial charge on any atom is 0.108 e. The first-order valence-corrected chi connectivity index (χ1v) is 8.38. The summed E-state index contributed by atoms with van der Waals surface area (Å²) in [5.41, 5.74) is 2.38. The van der Waals surface area contributed by atoms with Crippen LogP contribution in [0.1, 0.15) is 10.6 Å². The molecular formula is C17H17ClN2S. The van der Waals surface area contributed by atoms with Crippen molar-refractivity contribution >= 4 is 33.2 Å². The first-order chi connectivity index (χ1) is 10.3. The zero-order valence-corrected chi connectivity index (χ0v) is 13.2. The van der Waals surface area contributed by atoms with E-state index in [1.165, 1.54) is 10.3 Å². The standard InChI is InChI=1S/C17H17ClN2S/c18-11-14(10-13-6-2-1-3-7-13)19-12-17-20-15-8-4-5-9-16(15)21-17/h1-9,14,19H,10-12H2. The van der Waals surface area contributed by atoms with Gasteiger partial charge >= 0.3 is 0 Å². The first kappa shape index (κ1) is 14.5. The number of halogens is 1. The minimum atomic E-state index is 0.265. The molecule has 0 fully saturated rings. The lowest BCUT2D eigenvalue weighted by molar-refractivity contribution is 0.549. The van der Waals surface area contributed by atoms with Crippen LogP contribution in [0.25, 0.3) is 10.2 Å². The molecule has 0 saturated carbocycles. The van der Waals surface area contributed by atoms with E-state index < -0.39 is 0 Å². The van der Waals surface area contributed by atoms with E-state index in [-0.39, 0.29) is 6.04 Å². The van der Waals surface area contributed by atoms with E-state index in [9.17, 15) is 0 Å². The molecule has 1 unspecified atom stereocenters. The van der Waals surface area contributed by atoms with E-state index in [1.807, 2.05) is 12.1 Å². The van der Waals surface area contributed by atoms with Gasteiger partial charge in [-0.2, -0.15) is 0 Å². The van der Waals surface area contributed by atoms with Gasteiger partial charge in [0.15, 0.2) is 0 Å². The monoisotopic (exact) mass is 316 g/mol. The highest BCUT2D eigenvalue weighted by molar-refractivity contribution is 7.18. The number of para-hydroxylation sites is 1. The summed E-state index contributed by atoms with van der Waals surface area (Å²) in [4.78, 5) is 4.64. The second-order valence-electron chi connectivity index (χ2n) is 5.00. The van der Waals surface area contributed by atoms with E-state index in [0.717, 1.165) is 23.5 Å². The van der Waals surface area contributed by atoms with Gasteiger partial charge in [-0.25, -0.2) is 4.98 Å². The minimum Gasteiger partial charge on any atom is -0.306 e. The van der Waals surface area contributed by atoms with E-state index in [4.69, 9.17) is 11.6 Å². The summed E-state index contributed by atoms with van der Waals surface area (Å²) in [5, 5.41) is 4.62. The highest BCUT2D eigenvalue weighted by atomic mass is 35.5. The Morgan fingerprint density at radius 2 is 1.81 bits per heavy atom. The van der Waals surface area contributed by atoms with Gasteiger partial charge in [-0.05, 0) is 24.1 Å². The molecule has 21 heavy (non-hydrogen) atoms. The Balaban J connectivity index is 1.62. The fraction of sp³-hybridized carbons (Fsp3) is 0.235. The summed E-state index contributed by atoms with van der Waals surface area (Å²) in [6.07, 6.45) is 0.940. The van der Waals surface area contributed by atoms with Gasteiger partial charge in [0.2, 0.25) is 0 Å². The topological polar surface area (TPSA) is 24.9 Å². The van der Waals surface area contributed by atoms with Crippen molar-refractivity contribution in [2.75, 3.05) is 5.88 Å². The van der Waals surface area contributed by atoms with Crippen molar-refractivity contribution in [2.24, 2.45) is 0 Å². The highest BCUT2D eigenvalue weighted by Crippen LogP contribution is 2.21. The second-order valence-corrected chi connectivity index (χ2v) is 6.42. The predicted molar refractivity (Wildman–Crippen MR) is 91.1 cm³/mol. The van der Waals surface area contributed by atoms with Gasteiger partial charge in [0, 0.05) is 18.5 Å². The Morgan fingerprint density at radius 1 is 1.05 bits per heavy atom. The summed E-state index contributed by atoms with van der Waals surface area (Å²) in [6, 6.07) is 18.9. The van der Waals surface area contributed by atoms with Crippen LogP contribution >= 0.6 is 22.9 Å². The number of nitrogens with zero attached hydrogens (tertiary/aromatic N) is 1. The van der Waals surface area contributed by atoms with Gasteiger partial charge in [-0.1, -0.05) is 42.5 Å². The van der Waals surface area contributed by atoms with Crippen LogP contribution in [0.15, 0.2) is 54.6 Å². The average molecular weight is 317 g/mol. The molecule has 2 nitrogen and oxygen atoms in total. The fourth-order valence-corrected chi connectivity index (χ4v) is 3.44. The third kappa shape index (κ3) is 3.82. The Labute approximate surface area is 133 Å². The van der Waals surface area contributed by atoms with Crippen molar-refractivity contribution in [3.05, 3.63) is 65.2 Å².